The molecule has 2 unspecified atom stereocenters. The van der Waals surface area contributed by atoms with E-state index in [1.165, 1.54) is 28.3 Å². The molecule has 0 heterocycles. The molecule has 12 nitrogen and oxygen atoms in total. The van der Waals surface area contributed by atoms with Gasteiger partial charge in [0.05, 0.1) is 12.0 Å². The zero-order chi connectivity index (χ0) is 25.3. The van der Waals surface area contributed by atoms with Crippen molar-refractivity contribution in [3.05, 3.63) is 25.3 Å². The summed E-state index contributed by atoms with van der Waals surface area (Å²) in [5, 5.41) is 12.2. The van der Waals surface area contributed by atoms with E-state index in [2.05, 4.69) is 18.5 Å². The van der Waals surface area contributed by atoms with Gasteiger partial charge in [-0.05, 0) is 12.5 Å². The fourth-order valence-corrected chi connectivity index (χ4v) is 4.16. The number of rotatable bonds is 18. The van der Waals surface area contributed by atoms with Crippen LogP contribution >= 0.6 is 0 Å². The first kappa shape index (κ1) is 30.7. The number of nitrogens with one attached hydrogen (secondary N) is 1. The van der Waals surface area contributed by atoms with Crippen LogP contribution in [0.25, 0.3) is 0 Å². The van der Waals surface area contributed by atoms with E-state index in [9.17, 15) is 19.5 Å². The summed E-state index contributed by atoms with van der Waals surface area (Å²) in [6.45, 7) is 6.86. The van der Waals surface area contributed by atoms with Gasteiger partial charge < -0.3 is 42.6 Å². The van der Waals surface area contributed by atoms with Crippen molar-refractivity contribution in [1.82, 2.24) is 5.32 Å². The maximum Gasteiger partial charge on any atom is 0.500 e. The predicted octanol–water partition coefficient (Wildman–Crippen LogP) is 0.781. The third-order valence-electron chi connectivity index (χ3n) is 4.40. The Bertz CT molecular complexity index is 633. The normalized spacial score (nSPS) is 13.8. The van der Waals surface area contributed by atoms with Crippen molar-refractivity contribution < 1.29 is 51.7 Å². The van der Waals surface area contributed by atoms with Gasteiger partial charge in [0.25, 0.3) is 0 Å². The van der Waals surface area contributed by atoms with E-state index in [0.717, 1.165) is 12.2 Å². The van der Waals surface area contributed by atoms with Gasteiger partial charge in [0.2, 0.25) is 0 Å². The summed E-state index contributed by atoms with van der Waals surface area (Å²) in [5.74, 6) is -1.34. The fourth-order valence-electron chi connectivity index (χ4n) is 2.44. The third-order valence-corrected chi connectivity index (χ3v) is 7.23. The van der Waals surface area contributed by atoms with Crippen LogP contribution in [0.3, 0.4) is 0 Å². The molecule has 2 atom stereocenters. The zero-order valence-electron chi connectivity index (χ0n) is 19.6. The third kappa shape index (κ3) is 12.5. The lowest BCUT2D eigenvalue weighted by Crippen LogP contribution is -2.45. The molecular weight excluding hydrogens is 458 g/mol. The van der Waals surface area contributed by atoms with Crippen molar-refractivity contribution in [2.45, 2.75) is 25.7 Å². The molecule has 0 aliphatic rings. The molecule has 0 bridgehead atoms. The van der Waals surface area contributed by atoms with Gasteiger partial charge in [-0.15, -0.1) is 0 Å². The number of aliphatic hydroxyl groups excluding tert-OH is 1. The molecule has 190 valence electrons. The summed E-state index contributed by atoms with van der Waals surface area (Å²) >= 11 is 0. The van der Waals surface area contributed by atoms with E-state index in [1.54, 1.807) is 0 Å². The molecule has 2 N–H and O–H groups in total. The Morgan fingerprint density at radius 1 is 1.00 bits per heavy atom. The first-order valence-corrected chi connectivity index (χ1v) is 12.0. The smallest absolute Gasteiger partial charge is 0.465 e. The molecule has 0 fully saturated rings. The molecule has 1 amide bonds. The second-order valence-electron chi connectivity index (χ2n) is 6.93. The summed E-state index contributed by atoms with van der Waals surface area (Å²) in [6.07, 6.45) is 0.482. The standard InChI is InChI=1S/C20H35NO11Si/c1-7-17(23)30-13-20(12-29-16(3)22,14-31-18(24)8-2)15-32-19(25)21-10-9-11-33(26-4,27-5)28-6/h7-8,17,23H,1-2,9-15H2,3-6H3,(H,21,25). The number of hydrogen-bond acceptors (Lipinski definition) is 11. The van der Waals surface area contributed by atoms with Crippen LogP contribution in [-0.2, 0) is 41.8 Å². The number of esters is 2. The highest BCUT2D eigenvalue weighted by Gasteiger charge is 2.38. The number of alkyl carbamates (subject to hydrolysis) is 1. The Balaban J connectivity index is 5.08. The van der Waals surface area contributed by atoms with Crippen LogP contribution in [0.2, 0.25) is 6.04 Å². The van der Waals surface area contributed by atoms with Crippen LogP contribution in [0, 0.1) is 5.41 Å². The van der Waals surface area contributed by atoms with Gasteiger partial charge in [-0.3, -0.25) is 4.79 Å². The lowest BCUT2D eigenvalue weighted by molar-refractivity contribution is -0.165. The summed E-state index contributed by atoms with van der Waals surface area (Å²) in [7, 11) is 1.73. The average Bonchev–Trinajstić information content (AvgIpc) is 2.83. The van der Waals surface area contributed by atoms with Crippen LogP contribution in [0.1, 0.15) is 13.3 Å². The van der Waals surface area contributed by atoms with Crippen molar-refractivity contribution in [1.29, 1.82) is 0 Å². The van der Waals surface area contributed by atoms with E-state index >= 15 is 0 Å². The summed E-state index contributed by atoms with van der Waals surface area (Å²) < 4.78 is 36.6. The van der Waals surface area contributed by atoms with Crippen LogP contribution in [0.4, 0.5) is 4.79 Å². The number of hydrogen-bond donors (Lipinski definition) is 2. The summed E-state index contributed by atoms with van der Waals surface area (Å²) in [6, 6.07) is 0.470. The first-order chi connectivity index (χ1) is 15.6. The quantitative estimate of drug-likeness (QED) is 0.0531. The minimum Gasteiger partial charge on any atom is -0.465 e. The highest BCUT2D eigenvalue weighted by atomic mass is 28.4. The fraction of sp³-hybridized carbons (Fsp3) is 0.650. The summed E-state index contributed by atoms with van der Waals surface area (Å²) in [5.41, 5.74) is -1.30. The molecule has 0 aromatic heterocycles. The molecule has 0 aromatic rings. The van der Waals surface area contributed by atoms with E-state index in [1.807, 2.05) is 0 Å². The Kier molecular flexibility index (Phi) is 15.2. The van der Waals surface area contributed by atoms with Gasteiger partial charge >= 0.3 is 26.8 Å². The van der Waals surface area contributed by atoms with Crippen molar-refractivity contribution in [3.63, 3.8) is 0 Å². The SMILES string of the molecule is C=CC(=O)OCC(COC(C)=O)(COC(=O)NCCC[Si](OC)(OC)OC)COC(O)C=C. The molecular formula is C20H35NO11Si. The highest BCUT2D eigenvalue weighted by Crippen LogP contribution is 2.22. The highest BCUT2D eigenvalue weighted by molar-refractivity contribution is 6.60. The summed E-state index contributed by atoms with van der Waals surface area (Å²) in [4.78, 5) is 35.1. The lowest BCUT2D eigenvalue weighted by Gasteiger charge is -2.32. The average molecular weight is 494 g/mol. The van der Waals surface area contributed by atoms with Crippen molar-refractivity contribution in [2.75, 3.05) is 54.3 Å². The molecule has 13 heteroatoms. The maximum absolute atomic E-state index is 12.2. The van der Waals surface area contributed by atoms with Crippen molar-refractivity contribution >= 4 is 26.8 Å². The van der Waals surface area contributed by atoms with E-state index < -0.39 is 38.5 Å². The topological polar surface area (TPSA) is 148 Å². The lowest BCUT2D eigenvalue weighted by atomic mass is 9.92. The number of ether oxygens (including phenoxy) is 4. The molecule has 0 saturated heterocycles. The molecule has 0 spiro atoms. The molecule has 0 aliphatic carbocycles. The maximum atomic E-state index is 12.2. The zero-order valence-corrected chi connectivity index (χ0v) is 20.6. The Morgan fingerprint density at radius 3 is 2.09 bits per heavy atom. The van der Waals surface area contributed by atoms with Crippen LogP contribution < -0.4 is 5.32 Å². The molecule has 0 aliphatic heterocycles. The molecule has 33 heavy (non-hydrogen) atoms. The minimum absolute atomic E-state index is 0.248. The minimum atomic E-state index is -2.76. The van der Waals surface area contributed by atoms with Crippen LogP contribution in [0.5, 0.6) is 0 Å². The second-order valence-corrected chi connectivity index (χ2v) is 10.0. The van der Waals surface area contributed by atoms with Crippen LogP contribution in [0.15, 0.2) is 25.3 Å². The van der Waals surface area contributed by atoms with Gasteiger partial charge in [-0.25, -0.2) is 9.59 Å². The first-order valence-electron chi connectivity index (χ1n) is 10.0. The van der Waals surface area contributed by atoms with E-state index in [0.29, 0.717) is 12.5 Å². The second kappa shape index (κ2) is 16.3. The molecule has 0 aromatic carbocycles. The predicted molar refractivity (Wildman–Crippen MR) is 118 cm³/mol. The van der Waals surface area contributed by atoms with Gasteiger partial charge in [0.15, 0.2) is 6.29 Å². The van der Waals surface area contributed by atoms with Gasteiger partial charge in [-0.2, -0.15) is 0 Å². The number of carbonyl (C=O) groups is 3. The number of carbonyl (C=O) groups excluding carboxylic acids is 3. The Labute approximate surface area is 195 Å². The van der Waals surface area contributed by atoms with Crippen LogP contribution in [-0.4, -0.2) is 92.5 Å². The van der Waals surface area contributed by atoms with Crippen molar-refractivity contribution in [3.8, 4) is 0 Å². The Hall–Kier alpha value is -2.29. The Morgan fingerprint density at radius 2 is 1.58 bits per heavy atom. The van der Waals surface area contributed by atoms with E-state index in [4.69, 9.17) is 32.2 Å². The largest absolute Gasteiger partial charge is 0.500 e. The molecule has 0 rings (SSSR count). The van der Waals surface area contributed by atoms with Gasteiger partial charge in [0, 0.05) is 46.9 Å². The van der Waals surface area contributed by atoms with Gasteiger partial charge in [0.1, 0.15) is 19.8 Å². The molecule has 0 saturated carbocycles. The van der Waals surface area contributed by atoms with Gasteiger partial charge in [-0.1, -0.05) is 13.2 Å². The monoisotopic (exact) mass is 493 g/mol. The number of aliphatic hydroxyl groups is 1. The number of amides is 1. The molecule has 0 radical (unpaired) electrons. The van der Waals surface area contributed by atoms with E-state index in [-0.39, 0.29) is 33.0 Å². The van der Waals surface area contributed by atoms with Crippen molar-refractivity contribution in [2.24, 2.45) is 5.41 Å².